The van der Waals surface area contributed by atoms with E-state index >= 15 is 0 Å². The second kappa shape index (κ2) is 8.58. The molecule has 130 valence electrons. The highest BCUT2D eigenvalue weighted by atomic mass is 32.2. The van der Waals surface area contributed by atoms with E-state index in [2.05, 4.69) is 15.3 Å². The Morgan fingerprint density at radius 1 is 1.20 bits per heavy atom. The van der Waals surface area contributed by atoms with Gasteiger partial charge in [0.05, 0.1) is 18.1 Å². The van der Waals surface area contributed by atoms with Crippen molar-refractivity contribution in [2.24, 2.45) is 0 Å². The van der Waals surface area contributed by atoms with Gasteiger partial charge in [0.25, 0.3) is 0 Å². The summed E-state index contributed by atoms with van der Waals surface area (Å²) in [6.45, 7) is 0.541. The van der Waals surface area contributed by atoms with Crippen LogP contribution in [0, 0.1) is 0 Å². The number of H-pyrrole nitrogens is 1. The third-order valence-corrected chi connectivity index (χ3v) is 4.76. The lowest BCUT2D eigenvalue weighted by Crippen LogP contribution is -2.22. The number of nitrogens with zero attached hydrogens (tertiary/aromatic N) is 1. The van der Waals surface area contributed by atoms with E-state index in [1.165, 1.54) is 0 Å². The first-order valence-electron chi connectivity index (χ1n) is 8.22. The molecule has 3 rings (SSSR count). The molecule has 2 aromatic carbocycles. The van der Waals surface area contributed by atoms with Gasteiger partial charge in [0.15, 0.2) is 5.16 Å². The molecule has 0 atom stereocenters. The van der Waals surface area contributed by atoms with E-state index in [4.69, 9.17) is 4.74 Å². The summed E-state index contributed by atoms with van der Waals surface area (Å²) in [4.78, 5) is 19.7. The third-order valence-electron chi connectivity index (χ3n) is 3.80. The Kier molecular flexibility index (Phi) is 5.95. The van der Waals surface area contributed by atoms with Gasteiger partial charge in [-0.05, 0) is 36.2 Å². The molecule has 5 nitrogen and oxygen atoms in total. The van der Waals surface area contributed by atoms with Crippen LogP contribution in [0.15, 0.2) is 53.7 Å². The van der Waals surface area contributed by atoms with Gasteiger partial charge in [-0.3, -0.25) is 4.79 Å². The lowest BCUT2D eigenvalue weighted by atomic mass is 10.2. The lowest BCUT2D eigenvalue weighted by Gasteiger charge is -2.06. The Labute approximate surface area is 151 Å². The number of amides is 1. The van der Waals surface area contributed by atoms with Crippen molar-refractivity contribution in [3.63, 3.8) is 0 Å². The molecule has 0 fully saturated rings. The molecule has 1 heterocycles. The second-order valence-electron chi connectivity index (χ2n) is 5.64. The van der Waals surface area contributed by atoms with Crippen LogP contribution in [0.4, 0.5) is 0 Å². The number of hydrogen-bond acceptors (Lipinski definition) is 4. The summed E-state index contributed by atoms with van der Waals surface area (Å²) in [5, 5.41) is 3.85. The first-order chi connectivity index (χ1) is 12.2. The van der Waals surface area contributed by atoms with Crippen molar-refractivity contribution in [2.75, 3.05) is 12.9 Å². The fourth-order valence-electron chi connectivity index (χ4n) is 2.43. The van der Waals surface area contributed by atoms with Gasteiger partial charge in [-0.15, -0.1) is 0 Å². The lowest BCUT2D eigenvalue weighted by molar-refractivity contribution is -0.121. The molecular formula is C19H21N3O2S. The van der Waals surface area contributed by atoms with Crippen molar-refractivity contribution in [3.05, 3.63) is 54.1 Å². The molecule has 0 aliphatic rings. The smallest absolute Gasteiger partial charge is 0.220 e. The van der Waals surface area contributed by atoms with Crippen LogP contribution in [0.1, 0.15) is 18.4 Å². The Hall–Kier alpha value is -2.47. The van der Waals surface area contributed by atoms with Crippen LogP contribution < -0.4 is 10.1 Å². The van der Waals surface area contributed by atoms with Gasteiger partial charge in [-0.1, -0.05) is 36.0 Å². The zero-order chi connectivity index (χ0) is 17.5. The molecule has 0 aliphatic heterocycles. The minimum Gasteiger partial charge on any atom is -0.497 e. The molecule has 0 unspecified atom stereocenters. The fourth-order valence-corrected chi connectivity index (χ4v) is 3.26. The first kappa shape index (κ1) is 17.4. The monoisotopic (exact) mass is 355 g/mol. The van der Waals surface area contributed by atoms with E-state index in [9.17, 15) is 4.79 Å². The van der Waals surface area contributed by atoms with Gasteiger partial charge in [0.2, 0.25) is 5.91 Å². The molecule has 0 saturated carbocycles. The van der Waals surface area contributed by atoms with Gasteiger partial charge in [-0.25, -0.2) is 4.98 Å². The van der Waals surface area contributed by atoms with Crippen LogP contribution in [-0.4, -0.2) is 28.7 Å². The number of hydrogen-bond donors (Lipinski definition) is 2. The number of carbonyl (C=O) groups excluding carboxylic acids is 1. The number of rotatable bonds is 8. The van der Waals surface area contributed by atoms with Crippen molar-refractivity contribution in [1.29, 1.82) is 0 Å². The Morgan fingerprint density at radius 3 is 2.76 bits per heavy atom. The SMILES string of the molecule is COc1ccc(CNC(=O)CCCSc2nc3ccccc3[nH]2)cc1. The number of imidazole rings is 1. The molecule has 0 radical (unpaired) electrons. The number of aromatic nitrogens is 2. The van der Waals surface area contributed by atoms with Crippen molar-refractivity contribution >= 4 is 28.7 Å². The number of methoxy groups -OCH3 is 1. The highest BCUT2D eigenvalue weighted by Gasteiger charge is 2.05. The van der Waals surface area contributed by atoms with Crippen molar-refractivity contribution < 1.29 is 9.53 Å². The number of aromatic amines is 1. The summed E-state index contributed by atoms with van der Waals surface area (Å²) in [6.07, 6.45) is 1.33. The number of thioether (sulfide) groups is 1. The first-order valence-corrected chi connectivity index (χ1v) is 9.20. The summed E-state index contributed by atoms with van der Waals surface area (Å²) < 4.78 is 5.12. The van der Waals surface area contributed by atoms with Gasteiger partial charge in [-0.2, -0.15) is 0 Å². The zero-order valence-corrected chi connectivity index (χ0v) is 14.9. The Bertz CT molecular complexity index is 797. The molecule has 3 aromatic rings. The standard InChI is InChI=1S/C19H21N3O2S/c1-24-15-10-8-14(9-11-15)13-20-18(23)7-4-12-25-19-21-16-5-2-3-6-17(16)22-19/h2-3,5-6,8-11H,4,7,12-13H2,1H3,(H,20,23)(H,21,22). The highest BCUT2D eigenvalue weighted by Crippen LogP contribution is 2.20. The van der Waals surface area contributed by atoms with Crippen LogP contribution in [0.2, 0.25) is 0 Å². The molecule has 1 aromatic heterocycles. The van der Waals surface area contributed by atoms with E-state index in [1.54, 1.807) is 18.9 Å². The fraction of sp³-hybridized carbons (Fsp3) is 0.263. The van der Waals surface area contributed by atoms with Crippen molar-refractivity contribution in [3.8, 4) is 5.75 Å². The number of ether oxygens (including phenoxy) is 1. The van der Waals surface area contributed by atoms with Gasteiger partial charge < -0.3 is 15.0 Å². The summed E-state index contributed by atoms with van der Waals surface area (Å²) >= 11 is 1.65. The summed E-state index contributed by atoms with van der Waals surface area (Å²) in [5.41, 5.74) is 3.08. The molecular weight excluding hydrogens is 334 g/mol. The average molecular weight is 355 g/mol. The molecule has 1 amide bonds. The molecule has 0 aliphatic carbocycles. The number of benzene rings is 2. The summed E-state index contributed by atoms with van der Waals surface area (Å²) in [5.74, 6) is 1.74. The minimum atomic E-state index is 0.0704. The van der Waals surface area contributed by atoms with Crippen LogP contribution in [0.5, 0.6) is 5.75 Å². The van der Waals surface area contributed by atoms with Crippen molar-refractivity contribution in [1.82, 2.24) is 15.3 Å². The zero-order valence-electron chi connectivity index (χ0n) is 14.1. The Balaban J connectivity index is 1.36. The quantitative estimate of drug-likeness (QED) is 0.477. The van der Waals surface area contributed by atoms with Crippen molar-refractivity contribution in [2.45, 2.75) is 24.5 Å². The summed E-state index contributed by atoms with van der Waals surface area (Å²) in [7, 11) is 1.64. The topological polar surface area (TPSA) is 67.0 Å². The predicted octanol–water partition coefficient (Wildman–Crippen LogP) is 3.76. The van der Waals surface area contributed by atoms with E-state index in [0.29, 0.717) is 13.0 Å². The predicted molar refractivity (Wildman–Crippen MR) is 101 cm³/mol. The average Bonchev–Trinajstić information content (AvgIpc) is 3.07. The van der Waals surface area contributed by atoms with E-state index in [1.807, 2.05) is 48.5 Å². The van der Waals surface area contributed by atoms with E-state index in [-0.39, 0.29) is 5.91 Å². The molecule has 0 spiro atoms. The number of para-hydroxylation sites is 2. The molecule has 0 bridgehead atoms. The molecule has 0 saturated heterocycles. The number of fused-ring (bicyclic) bond motifs is 1. The van der Waals surface area contributed by atoms with Crippen LogP contribution in [-0.2, 0) is 11.3 Å². The van der Waals surface area contributed by atoms with Gasteiger partial charge >= 0.3 is 0 Å². The van der Waals surface area contributed by atoms with E-state index < -0.39 is 0 Å². The normalized spacial score (nSPS) is 10.8. The van der Waals surface area contributed by atoms with E-state index in [0.717, 1.165) is 39.7 Å². The van der Waals surface area contributed by atoms with Gasteiger partial charge in [0, 0.05) is 18.7 Å². The van der Waals surface area contributed by atoms with Crippen LogP contribution >= 0.6 is 11.8 Å². The third kappa shape index (κ3) is 5.00. The number of carbonyl (C=O) groups is 1. The number of nitrogens with one attached hydrogen (secondary N) is 2. The maximum atomic E-state index is 11.9. The minimum absolute atomic E-state index is 0.0704. The molecule has 25 heavy (non-hydrogen) atoms. The molecule has 2 N–H and O–H groups in total. The largest absolute Gasteiger partial charge is 0.497 e. The maximum Gasteiger partial charge on any atom is 0.220 e. The second-order valence-corrected chi connectivity index (χ2v) is 6.72. The molecule has 6 heteroatoms. The maximum absolute atomic E-state index is 11.9. The summed E-state index contributed by atoms with van der Waals surface area (Å²) in [6, 6.07) is 15.7. The van der Waals surface area contributed by atoms with Crippen LogP contribution in [0.3, 0.4) is 0 Å². The highest BCUT2D eigenvalue weighted by molar-refractivity contribution is 7.99. The van der Waals surface area contributed by atoms with Gasteiger partial charge in [0.1, 0.15) is 5.75 Å². The Morgan fingerprint density at radius 2 is 2.00 bits per heavy atom. The van der Waals surface area contributed by atoms with Crippen LogP contribution in [0.25, 0.3) is 11.0 Å².